The number of aromatic amines is 1. The molecular formula is C3H4N6O2. The highest BCUT2D eigenvalue weighted by Crippen LogP contribution is 1.87. The molecule has 0 bridgehead atoms. The van der Waals surface area contributed by atoms with Crippen LogP contribution in [-0.2, 0) is 4.79 Å². The van der Waals surface area contributed by atoms with Crippen molar-refractivity contribution in [1.82, 2.24) is 20.6 Å². The van der Waals surface area contributed by atoms with Crippen molar-refractivity contribution >= 4 is 18.1 Å². The second kappa shape index (κ2) is 3.25. The van der Waals surface area contributed by atoms with Crippen molar-refractivity contribution in [2.75, 3.05) is 5.43 Å². The zero-order valence-corrected chi connectivity index (χ0v) is 5.22. The number of hydrogen-bond acceptors (Lipinski definition) is 6. The average molecular weight is 156 g/mol. The van der Waals surface area contributed by atoms with E-state index in [0.717, 1.165) is 0 Å². The predicted octanol–water partition coefficient (Wildman–Crippen LogP) is -1.32. The second-order valence-corrected chi connectivity index (χ2v) is 1.44. The van der Waals surface area contributed by atoms with Crippen LogP contribution < -0.4 is 5.43 Å². The lowest BCUT2D eigenvalue weighted by Crippen LogP contribution is -1.99. The first-order chi connectivity index (χ1) is 5.29. The van der Waals surface area contributed by atoms with Gasteiger partial charge in [0.05, 0.1) is 0 Å². The molecule has 0 spiro atoms. The summed E-state index contributed by atoms with van der Waals surface area (Å²) in [6.07, 6.45) is 0.677. The van der Waals surface area contributed by atoms with Crippen molar-refractivity contribution in [3.63, 3.8) is 0 Å². The van der Waals surface area contributed by atoms with E-state index in [4.69, 9.17) is 5.11 Å². The molecule has 0 aromatic carbocycles. The average Bonchev–Trinajstić information content (AvgIpc) is 2.39. The number of aromatic nitrogens is 4. The van der Waals surface area contributed by atoms with Gasteiger partial charge < -0.3 is 5.11 Å². The Balaban J connectivity index is 2.40. The first-order valence-corrected chi connectivity index (χ1v) is 2.54. The Kier molecular flexibility index (Phi) is 2.10. The van der Waals surface area contributed by atoms with E-state index in [2.05, 4.69) is 31.2 Å². The molecule has 0 amide bonds. The zero-order valence-electron chi connectivity index (χ0n) is 5.22. The highest BCUT2D eigenvalue weighted by atomic mass is 16.4. The van der Waals surface area contributed by atoms with Crippen molar-refractivity contribution in [2.24, 2.45) is 5.10 Å². The van der Waals surface area contributed by atoms with E-state index in [9.17, 15) is 4.79 Å². The highest BCUT2D eigenvalue weighted by Gasteiger charge is 1.92. The molecule has 1 aromatic heterocycles. The molecule has 0 fully saturated rings. The lowest BCUT2D eigenvalue weighted by atomic mass is 10.8. The van der Waals surface area contributed by atoms with Crippen molar-refractivity contribution in [3.8, 4) is 0 Å². The van der Waals surface area contributed by atoms with Crippen LogP contribution in [0, 0.1) is 0 Å². The Hall–Kier alpha value is -1.99. The summed E-state index contributed by atoms with van der Waals surface area (Å²) in [7, 11) is 0. The van der Waals surface area contributed by atoms with Gasteiger partial charge in [0.15, 0.2) is 0 Å². The maximum absolute atomic E-state index is 9.87. The number of carbonyl (C=O) groups is 1. The minimum absolute atomic E-state index is 0.113. The maximum atomic E-state index is 9.87. The van der Waals surface area contributed by atoms with Crippen LogP contribution in [0.25, 0.3) is 0 Å². The van der Waals surface area contributed by atoms with E-state index < -0.39 is 5.97 Å². The van der Waals surface area contributed by atoms with Gasteiger partial charge in [-0.25, -0.2) is 10.2 Å². The summed E-state index contributed by atoms with van der Waals surface area (Å²) in [4.78, 5) is 9.87. The van der Waals surface area contributed by atoms with Gasteiger partial charge in [-0.15, -0.1) is 5.10 Å². The summed E-state index contributed by atoms with van der Waals surface area (Å²) in [5.74, 6) is -1.04. The number of tetrazole rings is 1. The number of carboxylic acid groups (broad SMARTS) is 1. The van der Waals surface area contributed by atoms with E-state index in [-0.39, 0.29) is 5.95 Å². The molecule has 58 valence electrons. The van der Waals surface area contributed by atoms with Gasteiger partial charge in [-0.1, -0.05) is 5.10 Å². The van der Waals surface area contributed by atoms with Crippen LogP contribution in [-0.4, -0.2) is 37.9 Å². The van der Waals surface area contributed by atoms with E-state index in [0.29, 0.717) is 6.21 Å². The van der Waals surface area contributed by atoms with Crippen LogP contribution in [0.3, 0.4) is 0 Å². The molecule has 0 saturated heterocycles. The van der Waals surface area contributed by atoms with Crippen LogP contribution in [0.5, 0.6) is 0 Å². The van der Waals surface area contributed by atoms with Crippen molar-refractivity contribution in [2.45, 2.75) is 0 Å². The molecule has 8 heteroatoms. The van der Waals surface area contributed by atoms with Crippen LogP contribution in [0.4, 0.5) is 5.95 Å². The van der Waals surface area contributed by atoms with Gasteiger partial charge in [-0.3, -0.25) is 0 Å². The monoisotopic (exact) mass is 156 g/mol. The van der Waals surface area contributed by atoms with Crippen molar-refractivity contribution < 1.29 is 9.90 Å². The number of H-pyrrole nitrogens is 1. The molecule has 0 aliphatic rings. The Labute approximate surface area is 60.3 Å². The fraction of sp³-hybridized carbons (Fsp3) is 0. The smallest absolute Gasteiger partial charge is 0.348 e. The van der Waals surface area contributed by atoms with Gasteiger partial charge in [0.1, 0.15) is 6.21 Å². The van der Waals surface area contributed by atoms with E-state index in [1.165, 1.54) is 0 Å². The number of anilines is 1. The molecule has 1 aromatic rings. The molecule has 0 radical (unpaired) electrons. The fourth-order valence-electron chi connectivity index (χ4n) is 0.354. The maximum Gasteiger partial charge on any atom is 0.348 e. The summed E-state index contributed by atoms with van der Waals surface area (Å²) in [6.45, 7) is 0. The molecule has 0 unspecified atom stereocenters. The van der Waals surface area contributed by atoms with Gasteiger partial charge in [0.2, 0.25) is 0 Å². The number of rotatable bonds is 3. The molecular weight excluding hydrogens is 152 g/mol. The summed E-state index contributed by atoms with van der Waals surface area (Å²) < 4.78 is 0. The van der Waals surface area contributed by atoms with Gasteiger partial charge in [-0.2, -0.15) is 10.3 Å². The number of hydrazone groups is 1. The Morgan fingerprint density at radius 3 is 3.18 bits per heavy atom. The van der Waals surface area contributed by atoms with E-state index in [1.807, 2.05) is 0 Å². The van der Waals surface area contributed by atoms with Crippen LogP contribution in [0.1, 0.15) is 0 Å². The van der Waals surface area contributed by atoms with Crippen molar-refractivity contribution in [3.05, 3.63) is 0 Å². The van der Waals surface area contributed by atoms with Crippen LogP contribution >= 0.6 is 0 Å². The van der Waals surface area contributed by atoms with E-state index in [1.54, 1.807) is 0 Å². The molecule has 0 atom stereocenters. The summed E-state index contributed by atoms with van der Waals surface area (Å²) in [5.41, 5.74) is 2.23. The minimum Gasteiger partial charge on any atom is -0.477 e. The minimum atomic E-state index is -1.15. The molecule has 0 saturated carbocycles. The Bertz CT molecular complexity index is 253. The summed E-state index contributed by atoms with van der Waals surface area (Å²) in [6, 6.07) is 0. The summed E-state index contributed by atoms with van der Waals surface area (Å²) >= 11 is 0. The molecule has 0 aliphatic carbocycles. The number of carboxylic acids is 1. The number of nitrogens with one attached hydrogen (secondary N) is 2. The largest absolute Gasteiger partial charge is 0.477 e. The Morgan fingerprint density at radius 1 is 1.82 bits per heavy atom. The topological polar surface area (TPSA) is 116 Å². The third-order valence-electron chi connectivity index (χ3n) is 0.685. The van der Waals surface area contributed by atoms with Gasteiger partial charge in [0.25, 0.3) is 5.95 Å². The first-order valence-electron chi connectivity index (χ1n) is 2.54. The Morgan fingerprint density at radius 2 is 2.64 bits per heavy atom. The van der Waals surface area contributed by atoms with E-state index >= 15 is 0 Å². The predicted molar refractivity (Wildman–Crippen MR) is 33.9 cm³/mol. The normalized spacial score (nSPS) is 10.2. The molecule has 1 heterocycles. The molecule has 11 heavy (non-hydrogen) atoms. The van der Waals surface area contributed by atoms with Crippen LogP contribution in [0.15, 0.2) is 5.10 Å². The molecule has 3 N–H and O–H groups in total. The first kappa shape index (κ1) is 7.12. The quantitative estimate of drug-likeness (QED) is 0.369. The number of nitrogens with zero attached hydrogens (tertiary/aromatic N) is 4. The summed E-state index contributed by atoms with van der Waals surface area (Å²) in [5, 5.41) is 23.6. The van der Waals surface area contributed by atoms with Gasteiger partial charge in [0, 0.05) is 0 Å². The fourth-order valence-corrected chi connectivity index (χ4v) is 0.354. The molecule has 8 nitrogen and oxygen atoms in total. The zero-order chi connectivity index (χ0) is 8.10. The van der Waals surface area contributed by atoms with Gasteiger partial charge >= 0.3 is 5.97 Å². The number of aliphatic carboxylic acids is 1. The second-order valence-electron chi connectivity index (χ2n) is 1.44. The highest BCUT2D eigenvalue weighted by molar-refractivity contribution is 6.22. The third-order valence-corrected chi connectivity index (χ3v) is 0.685. The molecule has 1 rings (SSSR count). The van der Waals surface area contributed by atoms with Crippen molar-refractivity contribution in [1.29, 1.82) is 0 Å². The standard InChI is InChI=1S/C3H4N6O2/c10-2(11)1-4-5-3-6-8-9-7-3/h1H,(H,10,11)(H2,5,6,7,8,9). The third kappa shape index (κ3) is 2.39. The lowest BCUT2D eigenvalue weighted by molar-refractivity contribution is -0.128. The lowest BCUT2D eigenvalue weighted by Gasteiger charge is -1.85. The molecule has 0 aliphatic heterocycles. The SMILES string of the molecule is O=C(O)C=NNc1nn[nH]n1. The number of hydrogen-bond donors (Lipinski definition) is 3. The van der Waals surface area contributed by atoms with Crippen LogP contribution in [0.2, 0.25) is 0 Å². The van der Waals surface area contributed by atoms with Gasteiger partial charge in [-0.05, 0) is 5.21 Å².